The highest BCUT2D eigenvalue weighted by molar-refractivity contribution is 5.91. The molecule has 0 bridgehead atoms. The van der Waals surface area contributed by atoms with Gasteiger partial charge >= 0.3 is 0 Å². The minimum absolute atomic E-state index is 0.119. The maximum atomic E-state index is 10.7. The van der Waals surface area contributed by atoms with E-state index in [1.807, 2.05) is 36.4 Å². The molecule has 1 aliphatic heterocycles. The molecule has 0 radical (unpaired) electrons. The zero-order valence-electron chi connectivity index (χ0n) is 11.9. The van der Waals surface area contributed by atoms with E-state index in [-0.39, 0.29) is 6.10 Å². The zero-order valence-corrected chi connectivity index (χ0v) is 11.9. The summed E-state index contributed by atoms with van der Waals surface area (Å²) in [5.74, 6) is 1.21. The molecular formula is C17H20O3. The summed E-state index contributed by atoms with van der Waals surface area (Å²) in [5.41, 5.74) is 0.917. The molecule has 1 fully saturated rings. The monoisotopic (exact) mass is 272 g/mol. The van der Waals surface area contributed by atoms with Crippen molar-refractivity contribution in [1.29, 1.82) is 0 Å². The molecule has 3 heteroatoms. The summed E-state index contributed by atoms with van der Waals surface area (Å²) in [6, 6.07) is 11.9. The normalized spacial score (nSPS) is 23.9. The first kappa shape index (κ1) is 13.4. The Morgan fingerprint density at radius 1 is 1.20 bits per heavy atom. The minimum atomic E-state index is -0.594. The Morgan fingerprint density at radius 2 is 1.95 bits per heavy atom. The Labute approximate surface area is 119 Å². The number of benzene rings is 2. The van der Waals surface area contributed by atoms with E-state index in [0.29, 0.717) is 5.92 Å². The quantitative estimate of drug-likeness (QED) is 0.931. The van der Waals surface area contributed by atoms with Crippen LogP contribution in [0.15, 0.2) is 36.4 Å². The van der Waals surface area contributed by atoms with Crippen molar-refractivity contribution in [1.82, 2.24) is 0 Å². The Hall–Kier alpha value is -1.58. The van der Waals surface area contributed by atoms with Gasteiger partial charge in [0, 0.05) is 12.0 Å². The summed E-state index contributed by atoms with van der Waals surface area (Å²) in [6.45, 7) is 2.86. The molecule has 3 rings (SSSR count). The first-order valence-corrected chi connectivity index (χ1v) is 7.07. The molecule has 1 heterocycles. The lowest BCUT2D eigenvalue weighted by Gasteiger charge is -2.23. The summed E-state index contributed by atoms with van der Waals surface area (Å²) < 4.78 is 11.1. The highest BCUT2D eigenvalue weighted by Gasteiger charge is 2.32. The molecule has 3 atom stereocenters. The number of hydrogen-bond donors (Lipinski definition) is 1. The van der Waals surface area contributed by atoms with Gasteiger partial charge in [0.05, 0.1) is 13.2 Å². The van der Waals surface area contributed by atoms with Crippen LogP contribution in [0.25, 0.3) is 10.8 Å². The SMILES string of the molecule is COc1ccc(C(O)C2OCCC2C)c2ccccc12. The maximum absolute atomic E-state index is 10.7. The molecule has 3 unspecified atom stereocenters. The van der Waals surface area contributed by atoms with Crippen molar-refractivity contribution in [3.63, 3.8) is 0 Å². The Bertz CT molecular complexity index is 608. The second-order valence-corrected chi connectivity index (χ2v) is 5.45. The molecule has 20 heavy (non-hydrogen) atoms. The number of aliphatic hydroxyl groups is 1. The fourth-order valence-electron chi connectivity index (χ4n) is 3.03. The average Bonchev–Trinajstić information content (AvgIpc) is 2.91. The van der Waals surface area contributed by atoms with Crippen LogP contribution < -0.4 is 4.74 Å². The highest BCUT2D eigenvalue weighted by atomic mass is 16.5. The van der Waals surface area contributed by atoms with E-state index in [9.17, 15) is 5.11 Å². The molecule has 1 N–H and O–H groups in total. The molecule has 2 aromatic carbocycles. The van der Waals surface area contributed by atoms with Crippen molar-refractivity contribution in [2.24, 2.45) is 5.92 Å². The van der Waals surface area contributed by atoms with Crippen molar-refractivity contribution in [2.45, 2.75) is 25.6 Å². The lowest BCUT2D eigenvalue weighted by molar-refractivity contribution is -0.0171. The molecular weight excluding hydrogens is 252 g/mol. The van der Waals surface area contributed by atoms with Gasteiger partial charge in [-0.25, -0.2) is 0 Å². The summed E-state index contributed by atoms with van der Waals surface area (Å²) in [4.78, 5) is 0. The van der Waals surface area contributed by atoms with Gasteiger partial charge in [0.1, 0.15) is 11.9 Å². The zero-order chi connectivity index (χ0) is 14.1. The summed E-state index contributed by atoms with van der Waals surface area (Å²) in [7, 11) is 1.67. The lowest BCUT2D eigenvalue weighted by Crippen LogP contribution is -2.23. The largest absolute Gasteiger partial charge is 0.496 e. The summed E-state index contributed by atoms with van der Waals surface area (Å²) in [6.07, 6.45) is 0.297. The van der Waals surface area contributed by atoms with Crippen LogP contribution >= 0.6 is 0 Å². The first-order chi connectivity index (χ1) is 9.72. The van der Waals surface area contributed by atoms with E-state index in [1.54, 1.807) is 7.11 Å². The van der Waals surface area contributed by atoms with Crippen LogP contribution in [0.3, 0.4) is 0 Å². The second kappa shape index (κ2) is 5.43. The van der Waals surface area contributed by atoms with E-state index in [0.717, 1.165) is 35.1 Å². The summed E-state index contributed by atoms with van der Waals surface area (Å²) in [5, 5.41) is 12.7. The molecule has 106 valence electrons. The van der Waals surface area contributed by atoms with Gasteiger partial charge in [-0.15, -0.1) is 0 Å². The van der Waals surface area contributed by atoms with Crippen LogP contribution in [-0.4, -0.2) is 24.9 Å². The maximum Gasteiger partial charge on any atom is 0.126 e. The van der Waals surface area contributed by atoms with Crippen molar-refractivity contribution in [2.75, 3.05) is 13.7 Å². The standard InChI is InChI=1S/C17H20O3/c1-11-9-10-20-17(11)16(18)14-7-8-15(19-2)13-6-4-3-5-12(13)14/h3-8,11,16-18H,9-10H2,1-2H3. The van der Waals surface area contributed by atoms with Crippen LogP contribution in [0.4, 0.5) is 0 Å². The smallest absolute Gasteiger partial charge is 0.126 e. The molecule has 2 aromatic rings. The van der Waals surface area contributed by atoms with Crippen LogP contribution in [0.5, 0.6) is 5.75 Å². The molecule has 0 aliphatic carbocycles. The topological polar surface area (TPSA) is 38.7 Å². The van der Waals surface area contributed by atoms with Crippen molar-refractivity contribution in [3.8, 4) is 5.75 Å². The number of hydrogen-bond acceptors (Lipinski definition) is 3. The summed E-state index contributed by atoms with van der Waals surface area (Å²) >= 11 is 0. The van der Waals surface area contributed by atoms with Crippen molar-refractivity contribution >= 4 is 10.8 Å². The van der Waals surface area contributed by atoms with E-state index < -0.39 is 6.10 Å². The lowest BCUT2D eigenvalue weighted by atomic mass is 9.91. The van der Waals surface area contributed by atoms with Gasteiger partial charge in [0.25, 0.3) is 0 Å². The van der Waals surface area contributed by atoms with Crippen LogP contribution in [0.1, 0.15) is 25.0 Å². The van der Waals surface area contributed by atoms with Crippen molar-refractivity contribution < 1.29 is 14.6 Å². The minimum Gasteiger partial charge on any atom is -0.496 e. The predicted octanol–water partition coefficient (Wildman–Crippen LogP) is 3.31. The fourth-order valence-corrected chi connectivity index (χ4v) is 3.03. The molecule has 1 aliphatic rings. The van der Waals surface area contributed by atoms with Crippen LogP contribution in [0.2, 0.25) is 0 Å². The molecule has 3 nitrogen and oxygen atoms in total. The second-order valence-electron chi connectivity index (χ2n) is 5.45. The highest BCUT2D eigenvalue weighted by Crippen LogP contribution is 2.37. The van der Waals surface area contributed by atoms with E-state index in [2.05, 4.69) is 6.92 Å². The van der Waals surface area contributed by atoms with Gasteiger partial charge in [-0.2, -0.15) is 0 Å². The third-order valence-electron chi connectivity index (χ3n) is 4.21. The number of aliphatic hydroxyl groups excluding tert-OH is 1. The Kier molecular flexibility index (Phi) is 3.64. The number of rotatable bonds is 3. The van der Waals surface area contributed by atoms with Crippen molar-refractivity contribution in [3.05, 3.63) is 42.0 Å². The van der Waals surface area contributed by atoms with Gasteiger partial charge in [0.2, 0.25) is 0 Å². The number of methoxy groups -OCH3 is 1. The fraction of sp³-hybridized carbons (Fsp3) is 0.412. The molecule has 0 saturated carbocycles. The van der Waals surface area contributed by atoms with E-state index >= 15 is 0 Å². The van der Waals surface area contributed by atoms with Gasteiger partial charge in [-0.3, -0.25) is 0 Å². The molecule has 1 saturated heterocycles. The third kappa shape index (κ3) is 2.17. The van der Waals surface area contributed by atoms with Gasteiger partial charge in [0.15, 0.2) is 0 Å². The Morgan fingerprint density at radius 3 is 2.60 bits per heavy atom. The van der Waals surface area contributed by atoms with Crippen LogP contribution in [0, 0.1) is 5.92 Å². The van der Waals surface area contributed by atoms with E-state index in [1.165, 1.54) is 0 Å². The average molecular weight is 272 g/mol. The van der Waals surface area contributed by atoms with E-state index in [4.69, 9.17) is 9.47 Å². The van der Waals surface area contributed by atoms with Gasteiger partial charge in [-0.05, 0) is 29.4 Å². The first-order valence-electron chi connectivity index (χ1n) is 7.07. The predicted molar refractivity (Wildman–Crippen MR) is 79.0 cm³/mol. The van der Waals surface area contributed by atoms with Gasteiger partial charge < -0.3 is 14.6 Å². The molecule has 0 spiro atoms. The number of ether oxygens (including phenoxy) is 2. The number of fused-ring (bicyclic) bond motifs is 1. The Balaban J connectivity index is 2.07. The van der Waals surface area contributed by atoms with Crippen LogP contribution in [-0.2, 0) is 4.74 Å². The molecule has 0 amide bonds. The molecule has 0 aromatic heterocycles. The van der Waals surface area contributed by atoms with Gasteiger partial charge in [-0.1, -0.05) is 37.3 Å². The third-order valence-corrected chi connectivity index (χ3v) is 4.21.